The molecule has 0 saturated carbocycles. The largest absolute Gasteiger partial charge is 0.334 e. The maximum absolute atomic E-state index is 12.1. The first-order chi connectivity index (χ1) is 7.33. The molecule has 1 aromatic rings. The fraction of sp³-hybridized carbons (Fsp3) is 0.545. The van der Waals surface area contributed by atoms with E-state index in [1.54, 1.807) is 0 Å². The molecule has 1 aromatic heterocycles. The van der Waals surface area contributed by atoms with E-state index >= 15 is 0 Å². The van der Waals surface area contributed by atoms with Gasteiger partial charge in [-0.1, -0.05) is 6.07 Å². The number of rotatable bonds is 2. The topological polar surface area (TPSA) is 46.3 Å². The zero-order valence-corrected chi connectivity index (χ0v) is 10.7. The van der Waals surface area contributed by atoms with Crippen LogP contribution in [0.3, 0.4) is 0 Å². The lowest BCUT2D eigenvalue weighted by molar-refractivity contribution is 0.0628. The first-order valence-electron chi connectivity index (χ1n) is 5.37. The third-order valence-corrected chi connectivity index (χ3v) is 3.75. The predicted molar refractivity (Wildman–Crippen MR) is 69.3 cm³/mol. The van der Waals surface area contributed by atoms with Gasteiger partial charge in [-0.3, -0.25) is 4.79 Å². The van der Waals surface area contributed by atoms with Crippen molar-refractivity contribution in [1.29, 1.82) is 0 Å². The second-order valence-electron chi connectivity index (χ2n) is 3.86. The fourth-order valence-electron chi connectivity index (χ4n) is 2.05. The van der Waals surface area contributed by atoms with Crippen molar-refractivity contribution >= 4 is 29.7 Å². The number of nitrogens with two attached hydrogens (primary N) is 1. The van der Waals surface area contributed by atoms with Crippen LogP contribution in [0.1, 0.15) is 28.9 Å². The number of piperidine rings is 1. The summed E-state index contributed by atoms with van der Waals surface area (Å²) in [5.41, 5.74) is 5.69. The molecule has 1 fully saturated rings. The number of thiophene rings is 1. The molecule has 1 aliphatic heterocycles. The van der Waals surface area contributed by atoms with Gasteiger partial charge in [-0.15, -0.1) is 23.7 Å². The Hall–Kier alpha value is -0.580. The number of carbonyl (C=O) groups excluding carboxylic acids is 1. The normalized spacial score (nSPS) is 20.3. The maximum atomic E-state index is 12.1. The lowest BCUT2D eigenvalue weighted by Crippen LogP contribution is -2.47. The number of nitrogens with zero attached hydrogens (tertiary/aromatic N) is 1. The highest BCUT2D eigenvalue weighted by molar-refractivity contribution is 7.12. The number of hydrogen-bond donors (Lipinski definition) is 1. The van der Waals surface area contributed by atoms with Crippen molar-refractivity contribution in [3.8, 4) is 0 Å². The van der Waals surface area contributed by atoms with Crippen molar-refractivity contribution in [3.63, 3.8) is 0 Å². The summed E-state index contributed by atoms with van der Waals surface area (Å²) in [7, 11) is 0. The number of likely N-dealkylation sites (tertiary alicyclic amines) is 1. The molecule has 0 radical (unpaired) electrons. The number of halogens is 1. The first kappa shape index (κ1) is 13.5. The van der Waals surface area contributed by atoms with E-state index in [4.69, 9.17) is 5.73 Å². The van der Waals surface area contributed by atoms with E-state index in [0.717, 1.165) is 24.3 Å². The summed E-state index contributed by atoms with van der Waals surface area (Å²) in [6.07, 6.45) is 3.34. The Balaban J connectivity index is 0.00000128. The minimum Gasteiger partial charge on any atom is -0.334 e. The molecule has 2 rings (SSSR count). The molecule has 2 heterocycles. The van der Waals surface area contributed by atoms with Crippen molar-refractivity contribution < 1.29 is 4.79 Å². The van der Waals surface area contributed by atoms with Crippen LogP contribution in [0.5, 0.6) is 0 Å². The summed E-state index contributed by atoms with van der Waals surface area (Å²) >= 11 is 1.51. The average Bonchev–Trinajstić information content (AvgIpc) is 2.81. The molecule has 1 unspecified atom stereocenters. The van der Waals surface area contributed by atoms with Gasteiger partial charge in [0.25, 0.3) is 5.91 Å². The molecular weight excluding hydrogens is 244 g/mol. The maximum Gasteiger partial charge on any atom is 0.264 e. The Bertz CT molecular complexity index is 329. The molecule has 0 aromatic carbocycles. The Morgan fingerprint density at radius 2 is 2.38 bits per heavy atom. The van der Waals surface area contributed by atoms with Gasteiger partial charge in [0.15, 0.2) is 0 Å². The molecule has 5 heteroatoms. The van der Waals surface area contributed by atoms with Crippen molar-refractivity contribution in [2.75, 3.05) is 13.1 Å². The number of amides is 1. The smallest absolute Gasteiger partial charge is 0.264 e. The summed E-state index contributed by atoms with van der Waals surface area (Å²) in [4.78, 5) is 14.9. The highest BCUT2D eigenvalue weighted by Crippen LogP contribution is 2.20. The third-order valence-electron chi connectivity index (χ3n) is 2.89. The minimum absolute atomic E-state index is 0. The molecule has 0 spiro atoms. The molecule has 1 saturated heterocycles. The highest BCUT2D eigenvalue weighted by Gasteiger charge is 2.26. The van der Waals surface area contributed by atoms with Crippen LogP contribution in [0.4, 0.5) is 0 Å². The Labute approximate surface area is 106 Å². The van der Waals surface area contributed by atoms with Crippen LogP contribution in [0.2, 0.25) is 0 Å². The van der Waals surface area contributed by atoms with Gasteiger partial charge in [0.1, 0.15) is 0 Å². The van der Waals surface area contributed by atoms with Crippen LogP contribution in [0.15, 0.2) is 17.5 Å². The molecule has 2 N–H and O–H groups in total. The minimum atomic E-state index is 0. The number of hydrogen-bond acceptors (Lipinski definition) is 3. The van der Waals surface area contributed by atoms with Crippen LogP contribution < -0.4 is 5.73 Å². The van der Waals surface area contributed by atoms with Crippen molar-refractivity contribution in [1.82, 2.24) is 4.90 Å². The van der Waals surface area contributed by atoms with Crippen LogP contribution >= 0.6 is 23.7 Å². The van der Waals surface area contributed by atoms with E-state index < -0.39 is 0 Å². The third kappa shape index (κ3) is 2.75. The molecule has 90 valence electrons. The Kier molecular flexibility index (Phi) is 5.25. The molecule has 16 heavy (non-hydrogen) atoms. The van der Waals surface area contributed by atoms with Gasteiger partial charge < -0.3 is 10.6 Å². The van der Waals surface area contributed by atoms with Crippen molar-refractivity contribution in [2.24, 2.45) is 5.73 Å². The zero-order valence-electron chi connectivity index (χ0n) is 9.09. The SMILES string of the molecule is Cl.NCC1CCCCN1C(=O)c1cccs1. The second kappa shape index (κ2) is 6.23. The van der Waals surface area contributed by atoms with Gasteiger partial charge in [0.2, 0.25) is 0 Å². The lowest BCUT2D eigenvalue weighted by Gasteiger charge is -2.34. The Morgan fingerprint density at radius 1 is 1.56 bits per heavy atom. The van der Waals surface area contributed by atoms with Crippen LogP contribution in [0, 0.1) is 0 Å². The molecular formula is C11H17ClN2OS. The monoisotopic (exact) mass is 260 g/mol. The van der Waals surface area contributed by atoms with Gasteiger partial charge >= 0.3 is 0 Å². The standard InChI is InChI=1S/C11H16N2OS.ClH/c12-8-9-4-1-2-6-13(9)11(14)10-5-3-7-15-10;/h3,5,7,9H,1-2,4,6,8,12H2;1H. The average molecular weight is 261 g/mol. The molecule has 0 aliphatic carbocycles. The summed E-state index contributed by atoms with van der Waals surface area (Å²) in [5, 5.41) is 1.94. The summed E-state index contributed by atoms with van der Waals surface area (Å²) in [5.74, 6) is 0.153. The van der Waals surface area contributed by atoms with Crippen molar-refractivity contribution in [2.45, 2.75) is 25.3 Å². The van der Waals surface area contributed by atoms with E-state index in [1.807, 2.05) is 22.4 Å². The summed E-state index contributed by atoms with van der Waals surface area (Å²) in [6, 6.07) is 4.04. The van der Waals surface area contributed by atoms with Crippen molar-refractivity contribution in [3.05, 3.63) is 22.4 Å². The van der Waals surface area contributed by atoms with Crippen LogP contribution in [0.25, 0.3) is 0 Å². The van der Waals surface area contributed by atoms with Gasteiger partial charge in [-0.05, 0) is 30.7 Å². The van der Waals surface area contributed by atoms with Gasteiger partial charge in [-0.25, -0.2) is 0 Å². The summed E-state index contributed by atoms with van der Waals surface area (Å²) < 4.78 is 0. The van der Waals surface area contributed by atoms with Gasteiger partial charge in [0, 0.05) is 19.1 Å². The van der Waals surface area contributed by atoms with Gasteiger partial charge in [0.05, 0.1) is 4.88 Å². The van der Waals surface area contributed by atoms with E-state index in [9.17, 15) is 4.79 Å². The summed E-state index contributed by atoms with van der Waals surface area (Å²) in [6.45, 7) is 1.44. The van der Waals surface area contributed by atoms with E-state index in [0.29, 0.717) is 6.54 Å². The van der Waals surface area contributed by atoms with Gasteiger partial charge in [-0.2, -0.15) is 0 Å². The molecule has 1 aliphatic rings. The molecule has 1 atom stereocenters. The first-order valence-corrected chi connectivity index (χ1v) is 6.25. The Morgan fingerprint density at radius 3 is 3.00 bits per heavy atom. The molecule has 3 nitrogen and oxygen atoms in total. The predicted octanol–water partition coefficient (Wildman–Crippen LogP) is 2.12. The molecule has 0 bridgehead atoms. The molecule has 1 amide bonds. The highest BCUT2D eigenvalue weighted by atomic mass is 35.5. The quantitative estimate of drug-likeness (QED) is 0.886. The van der Waals surface area contributed by atoms with Crippen LogP contribution in [-0.4, -0.2) is 29.9 Å². The zero-order chi connectivity index (χ0) is 10.7. The lowest BCUT2D eigenvalue weighted by atomic mass is 10.0. The number of carbonyl (C=O) groups is 1. The fourth-order valence-corrected chi connectivity index (χ4v) is 2.73. The van der Waals surface area contributed by atoms with E-state index in [2.05, 4.69) is 0 Å². The van der Waals surface area contributed by atoms with E-state index in [-0.39, 0.29) is 24.4 Å². The van der Waals surface area contributed by atoms with Crippen LogP contribution in [-0.2, 0) is 0 Å². The second-order valence-corrected chi connectivity index (χ2v) is 4.81. The van der Waals surface area contributed by atoms with E-state index in [1.165, 1.54) is 17.8 Å².